The molecular weight excluding hydrogens is 244 g/mol. The van der Waals surface area contributed by atoms with E-state index >= 15 is 0 Å². The van der Waals surface area contributed by atoms with Crippen molar-refractivity contribution >= 4 is 5.84 Å². The summed E-state index contributed by atoms with van der Waals surface area (Å²) in [6.07, 6.45) is 0. The van der Waals surface area contributed by atoms with Crippen LogP contribution in [0.1, 0.15) is 25.0 Å². The van der Waals surface area contributed by atoms with E-state index in [-0.39, 0.29) is 5.84 Å². The topological polar surface area (TPSA) is 77.1 Å². The molecule has 3 N–H and O–H groups in total. The lowest BCUT2D eigenvalue weighted by atomic mass is 10.1. The van der Waals surface area contributed by atoms with Crippen molar-refractivity contribution in [2.24, 2.45) is 16.8 Å². The summed E-state index contributed by atoms with van der Waals surface area (Å²) in [4.78, 5) is 0. The van der Waals surface area contributed by atoms with E-state index in [2.05, 4.69) is 19.0 Å². The van der Waals surface area contributed by atoms with Crippen molar-refractivity contribution in [1.29, 1.82) is 0 Å². The van der Waals surface area contributed by atoms with Gasteiger partial charge < -0.3 is 20.4 Å². The fourth-order valence-electron chi connectivity index (χ4n) is 1.62. The van der Waals surface area contributed by atoms with Crippen molar-refractivity contribution in [3.63, 3.8) is 0 Å². The number of hydrogen-bond acceptors (Lipinski definition) is 4. The number of nitrogens with two attached hydrogens (primary N) is 1. The van der Waals surface area contributed by atoms with E-state index < -0.39 is 0 Å². The Bertz CT molecular complexity index is 431. The SMILES string of the molecule is Cc1cccc(/C(N)=N/O)c1OCCOCC(C)C. The van der Waals surface area contributed by atoms with Gasteiger partial charge in [-0.05, 0) is 24.5 Å². The van der Waals surface area contributed by atoms with Crippen LogP contribution in [-0.4, -0.2) is 30.9 Å². The smallest absolute Gasteiger partial charge is 0.173 e. The maximum absolute atomic E-state index is 8.76. The van der Waals surface area contributed by atoms with Gasteiger partial charge in [0, 0.05) is 6.61 Å². The van der Waals surface area contributed by atoms with Crippen LogP contribution >= 0.6 is 0 Å². The second kappa shape index (κ2) is 7.63. The molecule has 0 aliphatic heterocycles. The van der Waals surface area contributed by atoms with Gasteiger partial charge in [-0.3, -0.25) is 0 Å². The number of ether oxygens (including phenoxy) is 2. The van der Waals surface area contributed by atoms with Crippen molar-refractivity contribution in [2.45, 2.75) is 20.8 Å². The summed E-state index contributed by atoms with van der Waals surface area (Å²) in [5.41, 5.74) is 7.15. The molecule has 5 nitrogen and oxygen atoms in total. The molecule has 106 valence electrons. The number of benzene rings is 1. The summed E-state index contributed by atoms with van der Waals surface area (Å²) in [5.74, 6) is 1.18. The summed E-state index contributed by atoms with van der Waals surface area (Å²) in [6, 6.07) is 5.51. The number of hydrogen-bond donors (Lipinski definition) is 2. The number of amidine groups is 1. The third-order valence-electron chi connectivity index (χ3n) is 2.52. The molecule has 0 amide bonds. The molecular formula is C14H22N2O3. The largest absolute Gasteiger partial charge is 0.490 e. The average Bonchev–Trinajstić information content (AvgIpc) is 2.38. The monoisotopic (exact) mass is 266 g/mol. The first-order valence-electron chi connectivity index (χ1n) is 6.34. The van der Waals surface area contributed by atoms with Gasteiger partial charge in [-0.15, -0.1) is 0 Å². The Hall–Kier alpha value is -1.75. The summed E-state index contributed by atoms with van der Waals surface area (Å²) in [6.45, 7) is 7.77. The molecule has 0 saturated heterocycles. The first-order valence-corrected chi connectivity index (χ1v) is 6.34. The zero-order chi connectivity index (χ0) is 14.3. The van der Waals surface area contributed by atoms with Crippen LogP contribution in [0.15, 0.2) is 23.4 Å². The quantitative estimate of drug-likeness (QED) is 0.260. The molecule has 1 aromatic rings. The number of nitrogens with zero attached hydrogens (tertiary/aromatic N) is 1. The van der Waals surface area contributed by atoms with Crippen LogP contribution in [0, 0.1) is 12.8 Å². The molecule has 0 bridgehead atoms. The van der Waals surface area contributed by atoms with Crippen LogP contribution in [0.4, 0.5) is 0 Å². The van der Waals surface area contributed by atoms with Crippen molar-refractivity contribution < 1.29 is 14.7 Å². The van der Waals surface area contributed by atoms with E-state index in [0.29, 0.717) is 37.1 Å². The minimum atomic E-state index is 0.0433. The molecule has 0 spiro atoms. The summed E-state index contributed by atoms with van der Waals surface area (Å²) < 4.78 is 11.1. The van der Waals surface area contributed by atoms with Gasteiger partial charge in [0.15, 0.2) is 5.84 Å². The Morgan fingerprint density at radius 2 is 2.11 bits per heavy atom. The minimum absolute atomic E-state index is 0.0433. The molecule has 1 aromatic carbocycles. The minimum Gasteiger partial charge on any atom is -0.490 e. The van der Waals surface area contributed by atoms with Gasteiger partial charge in [0.1, 0.15) is 12.4 Å². The van der Waals surface area contributed by atoms with Crippen LogP contribution < -0.4 is 10.5 Å². The number of para-hydroxylation sites is 1. The number of rotatable bonds is 7. The Balaban J connectivity index is 2.62. The summed E-state index contributed by atoms with van der Waals surface area (Å²) in [5, 5.41) is 11.8. The normalized spacial score (nSPS) is 11.9. The van der Waals surface area contributed by atoms with Gasteiger partial charge >= 0.3 is 0 Å². The highest BCUT2D eigenvalue weighted by Crippen LogP contribution is 2.23. The standard InChI is InChI=1S/C14H22N2O3/c1-10(2)9-18-7-8-19-13-11(3)5-4-6-12(13)14(15)16-17/h4-6,10,17H,7-9H2,1-3H3,(H2,15,16). The lowest BCUT2D eigenvalue weighted by Crippen LogP contribution is -2.17. The number of aryl methyl sites for hydroxylation is 1. The predicted molar refractivity (Wildman–Crippen MR) is 74.8 cm³/mol. The second-order valence-corrected chi connectivity index (χ2v) is 4.75. The van der Waals surface area contributed by atoms with Crippen LogP contribution in [0.3, 0.4) is 0 Å². The lowest BCUT2D eigenvalue weighted by molar-refractivity contribution is 0.0816. The zero-order valence-electron chi connectivity index (χ0n) is 11.7. The Morgan fingerprint density at radius 1 is 1.37 bits per heavy atom. The van der Waals surface area contributed by atoms with Crippen LogP contribution in [0.25, 0.3) is 0 Å². The van der Waals surface area contributed by atoms with Crippen molar-refractivity contribution in [3.05, 3.63) is 29.3 Å². The van der Waals surface area contributed by atoms with E-state index in [1.807, 2.05) is 19.1 Å². The lowest BCUT2D eigenvalue weighted by Gasteiger charge is -2.14. The third-order valence-corrected chi connectivity index (χ3v) is 2.52. The van der Waals surface area contributed by atoms with E-state index in [9.17, 15) is 0 Å². The summed E-state index contributed by atoms with van der Waals surface area (Å²) >= 11 is 0. The maximum Gasteiger partial charge on any atom is 0.173 e. The predicted octanol–water partition coefficient (Wildman–Crippen LogP) is 2.14. The first kappa shape index (κ1) is 15.3. The fourth-order valence-corrected chi connectivity index (χ4v) is 1.62. The molecule has 1 rings (SSSR count). The molecule has 19 heavy (non-hydrogen) atoms. The van der Waals surface area contributed by atoms with Gasteiger partial charge in [-0.25, -0.2) is 0 Å². The zero-order valence-corrected chi connectivity index (χ0v) is 11.7. The highest BCUT2D eigenvalue weighted by molar-refractivity contribution is 5.99. The Kier molecular flexibility index (Phi) is 6.15. The number of oxime groups is 1. The van der Waals surface area contributed by atoms with Gasteiger partial charge in [0.05, 0.1) is 12.2 Å². The molecule has 0 atom stereocenters. The van der Waals surface area contributed by atoms with E-state index in [4.69, 9.17) is 20.4 Å². The first-order chi connectivity index (χ1) is 9.06. The van der Waals surface area contributed by atoms with Crippen molar-refractivity contribution in [3.8, 4) is 5.75 Å². The highest BCUT2D eigenvalue weighted by Gasteiger charge is 2.10. The molecule has 0 heterocycles. The third kappa shape index (κ3) is 4.79. The van der Waals surface area contributed by atoms with Crippen LogP contribution in [0.5, 0.6) is 5.75 Å². The van der Waals surface area contributed by atoms with Crippen LogP contribution in [-0.2, 0) is 4.74 Å². The average molecular weight is 266 g/mol. The molecule has 0 saturated carbocycles. The van der Waals surface area contributed by atoms with Gasteiger partial charge in [-0.1, -0.05) is 31.1 Å². The van der Waals surface area contributed by atoms with Gasteiger partial charge in [0.25, 0.3) is 0 Å². The van der Waals surface area contributed by atoms with Crippen molar-refractivity contribution in [1.82, 2.24) is 0 Å². The highest BCUT2D eigenvalue weighted by atomic mass is 16.5. The fraction of sp³-hybridized carbons (Fsp3) is 0.500. The van der Waals surface area contributed by atoms with Crippen LogP contribution in [0.2, 0.25) is 0 Å². The Morgan fingerprint density at radius 3 is 2.74 bits per heavy atom. The van der Waals surface area contributed by atoms with Gasteiger partial charge in [0.2, 0.25) is 0 Å². The second-order valence-electron chi connectivity index (χ2n) is 4.75. The molecule has 0 aliphatic carbocycles. The molecule has 0 fully saturated rings. The van der Waals surface area contributed by atoms with E-state index in [0.717, 1.165) is 5.56 Å². The van der Waals surface area contributed by atoms with Gasteiger partial charge in [-0.2, -0.15) is 0 Å². The molecule has 0 aromatic heterocycles. The molecule has 0 radical (unpaired) electrons. The molecule has 0 unspecified atom stereocenters. The Labute approximate surface area is 114 Å². The molecule has 0 aliphatic rings. The molecule has 5 heteroatoms. The van der Waals surface area contributed by atoms with Crippen molar-refractivity contribution in [2.75, 3.05) is 19.8 Å². The maximum atomic E-state index is 8.76. The van der Waals surface area contributed by atoms with E-state index in [1.54, 1.807) is 6.07 Å². The summed E-state index contributed by atoms with van der Waals surface area (Å²) in [7, 11) is 0. The van der Waals surface area contributed by atoms with E-state index in [1.165, 1.54) is 0 Å².